The molecule has 0 atom stereocenters. The standard InChI is InChI=1S/C10H20O2.C10H22/c1-3-5-7-8-10(11)12-9-6-4-2;1-3-5-7-9-10-8-6-4-2/h3-9H2,1-2H3;3-10H2,1-2H3. The topological polar surface area (TPSA) is 26.3 Å². The third-order valence-corrected chi connectivity index (χ3v) is 3.70. The molecule has 22 heavy (non-hydrogen) atoms. The van der Waals surface area contributed by atoms with E-state index in [9.17, 15) is 4.79 Å². The molecule has 0 aliphatic heterocycles. The molecule has 0 heterocycles. The summed E-state index contributed by atoms with van der Waals surface area (Å²) in [6.45, 7) is 9.35. The highest BCUT2D eigenvalue weighted by molar-refractivity contribution is 5.69. The molecule has 0 aliphatic rings. The Morgan fingerprint density at radius 3 is 1.45 bits per heavy atom. The summed E-state index contributed by atoms with van der Waals surface area (Å²) in [6, 6.07) is 0. The van der Waals surface area contributed by atoms with Crippen LogP contribution in [0.15, 0.2) is 0 Å². The molecule has 0 saturated carbocycles. The van der Waals surface area contributed by atoms with Gasteiger partial charge in [-0.1, -0.05) is 98.3 Å². The minimum atomic E-state index is -0.0306. The van der Waals surface area contributed by atoms with Crippen molar-refractivity contribution in [3.63, 3.8) is 0 Å². The molecule has 0 bridgehead atoms. The fourth-order valence-electron chi connectivity index (χ4n) is 2.13. The summed E-state index contributed by atoms with van der Waals surface area (Å²) in [5, 5.41) is 0. The zero-order chi connectivity index (χ0) is 16.9. The molecule has 0 unspecified atom stereocenters. The molecule has 0 amide bonds. The van der Waals surface area contributed by atoms with E-state index in [1.54, 1.807) is 0 Å². The van der Waals surface area contributed by atoms with Crippen molar-refractivity contribution in [3.8, 4) is 0 Å². The van der Waals surface area contributed by atoms with Gasteiger partial charge in [-0.2, -0.15) is 0 Å². The number of unbranched alkanes of at least 4 members (excludes halogenated alkanes) is 10. The summed E-state index contributed by atoms with van der Waals surface area (Å²) < 4.78 is 4.99. The van der Waals surface area contributed by atoms with Gasteiger partial charge in [0.15, 0.2) is 0 Å². The first-order valence-electron chi connectivity index (χ1n) is 9.88. The number of rotatable bonds is 14. The molecule has 0 saturated heterocycles. The van der Waals surface area contributed by atoms with E-state index < -0.39 is 0 Å². The Bertz CT molecular complexity index is 182. The lowest BCUT2D eigenvalue weighted by atomic mass is 10.1. The molecule has 0 aromatic heterocycles. The third kappa shape index (κ3) is 24.5. The number of ether oxygens (including phenoxy) is 1. The lowest BCUT2D eigenvalue weighted by Crippen LogP contribution is -2.05. The number of hydrogen-bond acceptors (Lipinski definition) is 2. The first kappa shape index (κ1) is 23.7. The van der Waals surface area contributed by atoms with Gasteiger partial charge in [-0.3, -0.25) is 4.79 Å². The second kappa shape index (κ2) is 22.7. The molecule has 0 aliphatic carbocycles. The SMILES string of the molecule is CCCCCC(=O)OCCCC.CCCCCCCCCC. The molecule has 0 radical (unpaired) electrons. The highest BCUT2D eigenvalue weighted by Gasteiger charge is 2.00. The largest absolute Gasteiger partial charge is 0.466 e. The average Bonchev–Trinajstić information content (AvgIpc) is 2.52. The Balaban J connectivity index is 0. The minimum Gasteiger partial charge on any atom is -0.466 e. The Hall–Kier alpha value is -0.530. The maximum atomic E-state index is 11.0. The van der Waals surface area contributed by atoms with Crippen molar-refractivity contribution >= 4 is 5.97 Å². The highest BCUT2D eigenvalue weighted by Crippen LogP contribution is 2.07. The van der Waals surface area contributed by atoms with Crippen molar-refractivity contribution in [2.24, 2.45) is 0 Å². The molecule has 0 N–H and O–H groups in total. The van der Waals surface area contributed by atoms with E-state index in [0.29, 0.717) is 13.0 Å². The summed E-state index contributed by atoms with van der Waals surface area (Å²) in [6.07, 6.45) is 17.4. The van der Waals surface area contributed by atoms with Gasteiger partial charge in [0.05, 0.1) is 6.61 Å². The van der Waals surface area contributed by atoms with Gasteiger partial charge in [-0.15, -0.1) is 0 Å². The maximum absolute atomic E-state index is 11.0. The zero-order valence-electron chi connectivity index (χ0n) is 15.9. The van der Waals surface area contributed by atoms with Gasteiger partial charge in [0.25, 0.3) is 0 Å². The lowest BCUT2D eigenvalue weighted by molar-refractivity contribution is -0.143. The van der Waals surface area contributed by atoms with Crippen LogP contribution >= 0.6 is 0 Å². The summed E-state index contributed by atoms with van der Waals surface area (Å²) in [5.41, 5.74) is 0. The predicted molar refractivity (Wildman–Crippen MR) is 98.3 cm³/mol. The van der Waals surface area contributed by atoms with Crippen molar-refractivity contribution < 1.29 is 9.53 Å². The molecule has 2 heteroatoms. The predicted octanol–water partition coefficient (Wildman–Crippen LogP) is 7.06. The van der Waals surface area contributed by atoms with Gasteiger partial charge in [-0.05, 0) is 12.8 Å². The normalized spacial score (nSPS) is 10.0. The molecular formula is C20H42O2. The first-order valence-corrected chi connectivity index (χ1v) is 9.88. The lowest BCUT2D eigenvalue weighted by Gasteiger charge is -2.02. The molecule has 0 aromatic rings. The smallest absolute Gasteiger partial charge is 0.305 e. The van der Waals surface area contributed by atoms with E-state index in [-0.39, 0.29) is 5.97 Å². The summed E-state index contributed by atoms with van der Waals surface area (Å²) >= 11 is 0. The van der Waals surface area contributed by atoms with Crippen LogP contribution in [0, 0.1) is 0 Å². The minimum absolute atomic E-state index is 0.0306. The van der Waals surface area contributed by atoms with Crippen molar-refractivity contribution in [3.05, 3.63) is 0 Å². The fraction of sp³-hybridized carbons (Fsp3) is 0.950. The second-order valence-corrected chi connectivity index (χ2v) is 6.15. The molecule has 134 valence electrons. The molecular weight excluding hydrogens is 272 g/mol. The Labute approximate surface area is 140 Å². The van der Waals surface area contributed by atoms with E-state index in [0.717, 1.165) is 32.1 Å². The average molecular weight is 315 g/mol. The van der Waals surface area contributed by atoms with Crippen LogP contribution in [0.4, 0.5) is 0 Å². The zero-order valence-corrected chi connectivity index (χ0v) is 15.9. The van der Waals surface area contributed by atoms with Crippen LogP contribution in [0.3, 0.4) is 0 Å². The van der Waals surface area contributed by atoms with Gasteiger partial charge in [0.2, 0.25) is 0 Å². The van der Waals surface area contributed by atoms with Crippen LogP contribution in [0.5, 0.6) is 0 Å². The fourth-order valence-corrected chi connectivity index (χ4v) is 2.13. The highest BCUT2D eigenvalue weighted by atomic mass is 16.5. The quantitative estimate of drug-likeness (QED) is 0.253. The number of carbonyl (C=O) groups is 1. The van der Waals surface area contributed by atoms with Crippen molar-refractivity contribution in [2.75, 3.05) is 6.61 Å². The molecule has 0 rings (SSSR count). The van der Waals surface area contributed by atoms with Crippen molar-refractivity contribution in [2.45, 2.75) is 118 Å². The van der Waals surface area contributed by atoms with Gasteiger partial charge in [0.1, 0.15) is 0 Å². The van der Waals surface area contributed by atoms with E-state index in [4.69, 9.17) is 4.74 Å². The summed E-state index contributed by atoms with van der Waals surface area (Å²) in [7, 11) is 0. The summed E-state index contributed by atoms with van der Waals surface area (Å²) in [5.74, 6) is -0.0306. The van der Waals surface area contributed by atoms with E-state index >= 15 is 0 Å². The van der Waals surface area contributed by atoms with Gasteiger partial charge < -0.3 is 4.74 Å². The van der Waals surface area contributed by atoms with Crippen LogP contribution in [0.2, 0.25) is 0 Å². The Morgan fingerprint density at radius 1 is 0.591 bits per heavy atom. The van der Waals surface area contributed by atoms with Gasteiger partial charge in [-0.25, -0.2) is 0 Å². The maximum Gasteiger partial charge on any atom is 0.305 e. The van der Waals surface area contributed by atoms with Crippen LogP contribution in [-0.2, 0) is 9.53 Å². The van der Waals surface area contributed by atoms with Gasteiger partial charge >= 0.3 is 5.97 Å². The molecule has 0 fully saturated rings. The van der Waals surface area contributed by atoms with E-state index in [2.05, 4.69) is 27.7 Å². The molecule has 0 aromatic carbocycles. The summed E-state index contributed by atoms with van der Waals surface area (Å²) in [4.78, 5) is 11.0. The first-order chi connectivity index (χ1) is 10.7. The second-order valence-electron chi connectivity index (χ2n) is 6.15. The Morgan fingerprint density at radius 2 is 1.00 bits per heavy atom. The van der Waals surface area contributed by atoms with E-state index in [1.165, 1.54) is 51.4 Å². The van der Waals surface area contributed by atoms with Crippen molar-refractivity contribution in [1.29, 1.82) is 0 Å². The number of esters is 1. The van der Waals surface area contributed by atoms with E-state index in [1.807, 2.05) is 0 Å². The number of hydrogen-bond donors (Lipinski definition) is 0. The monoisotopic (exact) mass is 314 g/mol. The number of carbonyl (C=O) groups excluding carboxylic acids is 1. The molecule has 2 nitrogen and oxygen atoms in total. The van der Waals surface area contributed by atoms with Crippen LogP contribution in [0.25, 0.3) is 0 Å². The van der Waals surface area contributed by atoms with Crippen LogP contribution in [-0.4, -0.2) is 12.6 Å². The van der Waals surface area contributed by atoms with Gasteiger partial charge in [0, 0.05) is 6.42 Å². The third-order valence-electron chi connectivity index (χ3n) is 3.70. The van der Waals surface area contributed by atoms with Crippen LogP contribution in [0.1, 0.15) is 118 Å². The van der Waals surface area contributed by atoms with Crippen molar-refractivity contribution in [1.82, 2.24) is 0 Å². The van der Waals surface area contributed by atoms with Crippen LogP contribution < -0.4 is 0 Å². The Kier molecular flexibility index (Phi) is 24.5. The molecule has 0 spiro atoms.